The molecule has 94 valence electrons. The molecule has 1 aromatic heterocycles. The zero-order valence-electron chi connectivity index (χ0n) is 10.5. The van der Waals surface area contributed by atoms with Gasteiger partial charge in [-0.25, -0.2) is 0 Å². The fraction of sp³-hybridized carbons (Fsp3) is 0.375. The molecule has 1 nitrogen and oxygen atoms in total. The lowest BCUT2D eigenvalue weighted by Crippen LogP contribution is -2.01. The van der Waals surface area contributed by atoms with Crippen LogP contribution in [-0.2, 0) is 6.42 Å². The van der Waals surface area contributed by atoms with E-state index in [4.69, 9.17) is 0 Å². The third-order valence-electron chi connectivity index (χ3n) is 3.90. The summed E-state index contributed by atoms with van der Waals surface area (Å²) in [5.74, 6) is 0.962. The maximum Gasteiger partial charge on any atom is 0.0918 e. The van der Waals surface area contributed by atoms with Crippen molar-refractivity contribution in [1.82, 2.24) is 0 Å². The normalized spacial score (nSPS) is 23.9. The summed E-state index contributed by atoms with van der Waals surface area (Å²) in [7, 11) is 0. The molecule has 1 saturated carbocycles. The zero-order valence-corrected chi connectivity index (χ0v) is 11.4. The Hall–Kier alpha value is -1.12. The van der Waals surface area contributed by atoms with E-state index in [2.05, 4.69) is 42.6 Å². The van der Waals surface area contributed by atoms with Gasteiger partial charge in [-0.05, 0) is 47.3 Å². The maximum atomic E-state index is 10.5. The maximum absolute atomic E-state index is 10.5. The molecule has 2 heteroatoms. The van der Waals surface area contributed by atoms with Crippen LogP contribution in [0, 0.1) is 5.92 Å². The predicted molar refractivity (Wildman–Crippen MR) is 75.9 cm³/mol. The van der Waals surface area contributed by atoms with E-state index in [0.29, 0.717) is 11.8 Å². The first-order valence-electron chi connectivity index (χ1n) is 6.60. The van der Waals surface area contributed by atoms with Crippen molar-refractivity contribution in [3.8, 4) is 0 Å². The largest absolute Gasteiger partial charge is 0.387 e. The topological polar surface area (TPSA) is 20.2 Å². The highest BCUT2D eigenvalue weighted by Gasteiger charge is 2.44. The quantitative estimate of drug-likeness (QED) is 0.873. The summed E-state index contributed by atoms with van der Waals surface area (Å²) < 4.78 is 0. The van der Waals surface area contributed by atoms with E-state index in [9.17, 15) is 5.11 Å². The van der Waals surface area contributed by atoms with Crippen molar-refractivity contribution < 1.29 is 5.11 Å². The Bertz CT molecular complexity index is 517. The monoisotopic (exact) mass is 258 g/mol. The van der Waals surface area contributed by atoms with E-state index in [1.807, 2.05) is 6.07 Å². The van der Waals surface area contributed by atoms with Crippen molar-refractivity contribution in [3.05, 3.63) is 57.8 Å². The van der Waals surface area contributed by atoms with Crippen LogP contribution in [-0.4, -0.2) is 5.11 Å². The molecule has 1 N–H and O–H groups in total. The van der Waals surface area contributed by atoms with Crippen molar-refractivity contribution in [3.63, 3.8) is 0 Å². The van der Waals surface area contributed by atoms with Crippen molar-refractivity contribution in [2.45, 2.75) is 31.8 Å². The van der Waals surface area contributed by atoms with Gasteiger partial charge in [0.15, 0.2) is 0 Å². The lowest BCUT2D eigenvalue weighted by molar-refractivity contribution is 0.154. The van der Waals surface area contributed by atoms with Gasteiger partial charge in [0.05, 0.1) is 6.10 Å². The average Bonchev–Trinajstić information content (AvgIpc) is 3.08. The molecule has 2 aromatic rings. The molecular weight excluding hydrogens is 240 g/mol. The van der Waals surface area contributed by atoms with Crippen LogP contribution in [0.15, 0.2) is 41.8 Å². The van der Waals surface area contributed by atoms with Crippen molar-refractivity contribution in [1.29, 1.82) is 0 Å². The minimum Gasteiger partial charge on any atom is -0.387 e. The highest BCUT2D eigenvalue weighted by molar-refractivity contribution is 7.10. The van der Waals surface area contributed by atoms with E-state index >= 15 is 0 Å². The molecule has 0 saturated heterocycles. The van der Waals surface area contributed by atoms with Gasteiger partial charge in [-0.15, -0.1) is 11.3 Å². The van der Waals surface area contributed by atoms with Crippen LogP contribution >= 0.6 is 11.3 Å². The summed E-state index contributed by atoms with van der Waals surface area (Å²) in [5, 5.41) is 12.6. The number of rotatable bonds is 4. The first-order chi connectivity index (χ1) is 8.81. The van der Waals surface area contributed by atoms with Gasteiger partial charge in [-0.2, -0.15) is 0 Å². The molecule has 0 amide bonds. The van der Waals surface area contributed by atoms with Gasteiger partial charge >= 0.3 is 0 Å². The van der Waals surface area contributed by atoms with Gasteiger partial charge in [0.2, 0.25) is 0 Å². The summed E-state index contributed by atoms with van der Waals surface area (Å²) >= 11 is 1.70. The van der Waals surface area contributed by atoms with E-state index < -0.39 is 0 Å². The highest BCUT2D eigenvalue weighted by atomic mass is 32.1. The zero-order chi connectivity index (χ0) is 12.5. The molecule has 1 aromatic carbocycles. The molecular formula is C16H18OS. The van der Waals surface area contributed by atoms with Gasteiger partial charge in [-0.3, -0.25) is 0 Å². The molecule has 1 heterocycles. The number of thiophene rings is 1. The van der Waals surface area contributed by atoms with Crippen LogP contribution in [0.4, 0.5) is 0 Å². The Labute approximate surface area is 112 Å². The Kier molecular flexibility index (Phi) is 3.23. The second kappa shape index (κ2) is 4.87. The van der Waals surface area contributed by atoms with Crippen LogP contribution in [0.3, 0.4) is 0 Å². The summed E-state index contributed by atoms with van der Waals surface area (Å²) in [6.07, 6.45) is 1.86. The molecule has 1 fully saturated rings. The van der Waals surface area contributed by atoms with Gasteiger partial charge in [0.25, 0.3) is 0 Å². The Balaban J connectivity index is 1.75. The molecule has 1 aliphatic carbocycles. The molecule has 3 atom stereocenters. The van der Waals surface area contributed by atoms with Crippen molar-refractivity contribution >= 4 is 11.3 Å². The van der Waals surface area contributed by atoms with Crippen LogP contribution in [0.1, 0.15) is 41.4 Å². The third kappa shape index (κ3) is 2.11. The third-order valence-corrected chi connectivity index (χ3v) is 4.93. The molecule has 1 aliphatic rings. The fourth-order valence-corrected chi connectivity index (χ4v) is 3.80. The van der Waals surface area contributed by atoms with Crippen LogP contribution in [0.2, 0.25) is 0 Å². The second-order valence-corrected chi connectivity index (χ2v) is 5.97. The Morgan fingerprint density at radius 2 is 2.06 bits per heavy atom. The van der Waals surface area contributed by atoms with Crippen LogP contribution in [0.25, 0.3) is 0 Å². The summed E-state index contributed by atoms with van der Waals surface area (Å²) in [6.45, 7) is 2.15. The van der Waals surface area contributed by atoms with E-state index in [1.54, 1.807) is 11.3 Å². The highest BCUT2D eigenvalue weighted by Crippen LogP contribution is 2.55. The number of hydrogen-bond donors (Lipinski definition) is 1. The van der Waals surface area contributed by atoms with Crippen LogP contribution in [0.5, 0.6) is 0 Å². The van der Waals surface area contributed by atoms with Gasteiger partial charge in [0, 0.05) is 4.88 Å². The van der Waals surface area contributed by atoms with E-state index in [-0.39, 0.29) is 6.10 Å². The first-order valence-corrected chi connectivity index (χ1v) is 7.48. The average molecular weight is 258 g/mol. The number of aryl methyl sites for hydroxylation is 1. The lowest BCUT2D eigenvalue weighted by atomic mass is 10.0. The summed E-state index contributed by atoms with van der Waals surface area (Å²) in [6, 6.07) is 12.7. The van der Waals surface area contributed by atoms with Crippen molar-refractivity contribution in [2.24, 2.45) is 5.92 Å². The second-order valence-electron chi connectivity index (χ2n) is 5.03. The molecule has 18 heavy (non-hydrogen) atoms. The minimum atomic E-state index is -0.273. The number of hydrogen-bond acceptors (Lipinski definition) is 2. The molecule has 0 spiro atoms. The number of aliphatic hydroxyl groups is 1. The molecule has 0 bridgehead atoms. The summed E-state index contributed by atoms with van der Waals surface area (Å²) in [5.41, 5.74) is 2.68. The fourth-order valence-electron chi connectivity index (χ4n) is 2.74. The SMILES string of the molecule is CCc1ccsc1C(O)C1CC1c1ccccc1. The number of benzene rings is 1. The first kappa shape index (κ1) is 11.9. The smallest absolute Gasteiger partial charge is 0.0918 e. The number of aliphatic hydroxyl groups excluding tert-OH is 1. The minimum absolute atomic E-state index is 0.273. The van der Waals surface area contributed by atoms with Crippen molar-refractivity contribution in [2.75, 3.05) is 0 Å². The van der Waals surface area contributed by atoms with E-state index in [0.717, 1.165) is 12.8 Å². The molecule has 0 radical (unpaired) electrons. The van der Waals surface area contributed by atoms with Crippen LogP contribution < -0.4 is 0 Å². The lowest BCUT2D eigenvalue weighted by Gasteiger charge is -2.10. The molecule has 3 unspecified atom stereocenters. The standard InChI is InChI=1S/C16H18OS/c1-2-11-8-9-18-16(11)15(17)14-10-13(14)12-6-4-3-5-7-12/h3-9,13-15,17H,2,10H2,1H3. The Morgan fingerprint density at radius 1 is 1.28 bits per heavy atom. The molecule has 0 aliphatic heterocycles. The molecule has 3 rings (SSSR count). The summed E-state index contributed by atoms with van der Waals surface area (Å²) in [4.78, 5) is 1.18. The predicted octanol–water partition coefficient (Wildman–Crippen LogP) is 4.15. The van der Waals surface area contributed by atoms with Gasteiger partial charge < -0.3 is 5.11 Å². The Morgan fingerprint density at radius 3 is 2.78 bits per heavy atom. The van der Waals surface area contributed by atoms with Gasteiger partial charge in [-0.1, -0.05) is 37.3 Å². The van der Waals surface area contributed by atoms with E-state index in [1.165, 1.54) is 16.0 Å². The van der Waals surface area contributed by atoms with Gasteiger partial charge in [0.1, 0.15) is 0 Å².